The molecule has 7 nitrogen and oxygen atoms in total. The summed E-state index contributed by atoms with van der Waals surface area (Å²) in [6.07, 6.45) is 7.99. The maximum absolute atomic E-state index is 12.4. The standard InChI is InChI=1S/C18H17N5O2/c1-25-16-8-3-2-7-15(16)23-11-13(10-20-23)17(24)22-18-19-9-12-5-4-6-14(12)21-18/h2-3,7-11H,4-6H2,1H3,(H,19,21,22,24). The fraction of sp³-hybridized carbons (Fsp3) is 0.222. The van der Waals surface area contributed by atoms with E-state index >= 15 is 0 Å². The molecule has 4 rings (SSSR count). The molecule has 0 bridgehead atoms. The van der Waals surface area contributed by atoms with Crippen molar-refractivity contribution in [3.63, 3.8) is 0 Å². The van der Waals surface area contributed by atoms with Crippen molar-refractivity contribution in [2.45, 2.75) is 19.3 Å². The molecule has 0 radical (unpaired) electrons. The van der Waals surface area contributed by atoms with E-state index in [2.05, 4.69) is 20.4 Å². The van der Waals surface area contributed by atoms with Gasteiger partial charge in [-0.05, 0) is 37.0 Å². The van der Waals surface area contributed by atoms with E-state index in [1.165, 1.54) is 11.8 Å². The van der Waals surface area contributed by atoms with Crippen LogP contribution in [-0.2, 0) is 12.8 Å². The van der Waals surface area contributed by atoms with Gasteiger partial charge in [0.2, 0.25) is 5.95 Å². The minimum absolute atomic E-state index is 0.293. The van der Waals surface area contributed by atoms with Gasteiger partial charge in [-0.25, -0.2) is 14.6 Å². The Labute approximate surface area is 144 Å². The lowest BCUT2D eigenvalue weighted by molar-refractivity contribution is 0.102. The van der Waals surface area contributed by atoms with Crippen LogP contribution >= 0.6 is 0 Å². The fourth-order valence-corrected chi connectivity index (χ4v) is 2.94. The Kier molecular flexibility index (Phi) is 3.89. The average Bonchev–Trinajstić information content (AvgIpc) is 3.30. The highest BCUT2D eigenvalue weighted by atomic mass is 16.5. The van der Waals surface area contributed by atoms with Crippen LogP contribution in [0.5, 0.6) is 5.75 Å². The van der Waals surface area contributed by atoms with E-state index in [4.69, 9.17) is 4.74 Å². The lowest BCUT2D eigenvalue weighted by Gasteiger charge is -2.07. The third-order valence-corrected chi connectivity index (χ3v) is 4.22. The van der Waals surface area contributed by atoms with Crippen LogP contribution in [0.3, 0.4) is 0 Å². The molecule has 2 heterocycles. The number of methoxy groups -OCH3 is 1. The number of benzene rings is 1. The molecule has 0 saturated heterocycles. The molecule has 126 valence electrons. The number of carbonyl (C=O) groups is 1. The van der Waals surface area contributed by atoms with Gasteiger partial charge in [0.15, 0.2) is 0 Å². The summed E-state index contributed by atoms with van der Waals surface area (Å²) < 4.78 is 6.93. The largest absolute Gasteiger partial charge is 0.494 e. The Bertz CT molecular complexity index is 935. The maximum atomic E-state index is 12.4. The molecule has 1 amide bonds. The van der Waals surface area contributed by atoms with Gasteiger partial charge in [0.1, 0.15) is 11.4 Å². The van der Waals surface area contributed by atoms with Crippen molar-refractivity contribution >= 4 is 11.9 Å². The van der Waals surface area contributed by atoms with Crippen LogP contribution in [0, 0.1) is 0 Å². The van der Waals surface area contributed by atoms with Crippen LogP contribution in [-0.4, -0.2) is 32.8 Å². The van der Waals surface area contributed by atoms with E-state index in [-0.39, 0.29) is 5.91 Å². The summed E-state index contributed by atoms with van der Waals surface area (Å²) in [5.41, 5.74) is 3.38. The molecule has 2 aromatic heterocycles. The lowest BCUT2D eigenvalue weighted by Crippen LogP contribution is -2.14. The first kappa shape index (κ1) is 15.3. The summed E-state index contributed by atoms with van der Waals surface area (Å²) in [6, 6.07) is 7.48. The van der Waals surface area contributed by atoms with Crippen LogP contribution in [0.25, 0.3) is 5.69 Å². The van der Waals surface area contributed by atoms with Gasteiger partial charge in [-0.3, -0.25) is 10.1 Å². The minimum Gasteiger partial charge on any atom is -0.494 e. The Morgan fingerprint density at radius 2 is 2.12 bits per heavy atom. The molecule has 0 aliphatic heterocycles. The van der Waals surface area contributed by atoms with Gasteiger partial charge in [0.05, 0.1) is 18.9 Å². The monoisotopic (exact) mass is 335 g/mol. The number of aromatic nitrogens is 4. The minimum atomic E-state index is -0.293. The molecule has 7 heteroatoms. The highest BCUT2D eigenvalue weighted by molar-refractivity contribution is 6.03. The van der Waals surface area contributed by atoms with Gasteiger partial charge < -0.3 is 4.74 Å². The number of hydrogen-bond donors (Lipinski definition) is 1. The van der Waals surface area contributed by atoms with Crippen LogP contribution in [0.2, 0.25) is 0 Å². The second kappa shape index (κ2) is 6.35. The van der Waals surface area contributed by atoms with Crippen LogP contribution in [0.1, 0.15) is 28.0 Å². The SMILES string of the molecule is COc1ccccc1-n1cc(C(=O)Nc2ncc3c(n2)CCC3)cn1. The van der Waals surface area contributed by atoms with Gasteiger partial charge in [-0.15, -0.1) is 0 Å². The molecule has 0 atom stereocenters. The molecule has 0 saturated carbocycles. The predicted molar refractivity (Wildman–Crippen MR) is 92.1 cm³/mol. The summed E-state index contributed by atoms with van der Waals surface area (Å²) in [5, 5.41) is 6.99. The quantitative estimate of drug-likeness (QED) is 0.792. The normalized spacial score (nSPS) is 12.7. The number of nitrogens with zero attached hydrogens (tertiary/aromatic N) is 4. The zero-order valence-corrected chi connectivity index (χ0v) is 13.8. The van der Waals surface area contributed by atoms with E-state index in [1.54, 1.807) is 24.2 Å². The summed E-state index contributed by atoms with van der Waals surface area (Å²) in [7, 11) is 1.60. The smallest absolute Gasteiger partial charge is 0.261 e. The van der Waals surface area contributed by atoms with Gasteiger partial charge in [0.25, 0.3) is 5.91 Å². The van der Waals surface area contributed by atoms with Gasteiger partial charge in [-0.2, -0.15) is 5.10 Å². The topological polar surface area (TPSA) is 81.9 Å². The van der Waals surface area contributed by atoms with Crippen molar-refractivity contribution < 1.29 is 9.53 Å². The number of amides is 1. The molecule has 25 heavy (non-hydrogen) atoms. The molecular formula is C18H17N5O2. The first-order valence-corrected chi connectivity index (χ1v) is 8.09. The summed E-state index contributed by atoms with van der Waals surface area (Å²) in [5.74, 6) is 0.717. The number of para-hydroxylation sites is 2. The molecule has 1 N–H and O–H groups in total. The van der Waals surface area contributed by atoms with Gasteiger partial charge >= 0.3 is 0 Å². The Morgan fingerprint density at radius 3 is 3.00 bits per heavy atom. The number of hydrogen-bond acceptors (Lipinski definition) is 5. The second-order valence-electron chi connectivity index (χ2n) is 5.82. The number of anilines is 1. The number of carbonyl (C=O) groups excluding carboxylic acids is 1. The van der Waals surface area contributed by atoms with Crippen molar-refractivity contribution in [3.05, 3.63) is 59.7 Å². The predicted octanol–water partition coefficient (Wildman–Crippen LogP) is 2.41. The molecule has 1 aromatic carbocycles. The highest BCUT2D eigenvalue weighted by Crippen LogP contribution is 2.22. The Morgan fingerprint density at radius 1 is 1.24 bits per heavy atom. The Balaban J connectivity index is 1.54. The van der Waals surface area contributed by atoms with Crippen molar-refractivity contribution in [2.24, 2.45) is 0 Å². The van der Waals surface area contributed by atoms with Crippen molar-refractivity contribution in [1.82, 2.24) is 19.7 Å². The average molecular weight is 335 g/mol. The van der Waals surface area contributed by atoms with E-state index in [1.807, 2.05) is 24.3 Å². The number of fused-ring (bicyclic) bond motifs is 1. The maximum Gasteiger partial charge on any atom is 0.261 e. The second-order valence-corrected chi connectivity index (χ2v) is 5.82. The van der Waals surface area contributed by atoms with Crippen molar-refractivity contribution in [1.29, 1.82) is 0 Å². The van der Waals surface area contributed by atoms with Crippen LogP contribution < -0.4 is 10.1 Å². The summed E-state index contributed by atoms with van der Waals surface area (Å²) in [4.78, 5) is 21.1. The number of ether oxygens (including phenoxy) is 1. The molecule has 0 fully saturated rings. The van der Waals surface area contributed by atoms with Crippen molar-refractivity contribution in [2.75, 3.05) is 12.4 Å². The number of rotatable bonds is 4. The summed E-state index contributed by atoms with van der Waals surface area (Å²) in [6.45, 7) is 0. The third kappa shape index (κ3) is 2.96. The fourth-order valence-electron chi connectivity index (χ4n) is 2.94. The molecule has 1 aliphatic carbocycles. The number of nitrogens with one attached hydrogen (secondary N) is 1. The third-order valence-electron chi connectivity index (χ3n) is 4.22. The van der Waals surface area contributed by atoms with E-state index in [0.29, 0.717) is 17.3 Å². The zero-order chi connectivity index (χ0) is 17.2. The van der Waals surface area contributed by atoms with E-state index < -0.39 is 0 Å². The highest BCUT2D eigenvalue weighted by Gasteiger charge is 2.16. The molecule has 1 aliphatic rings. The van der Waals surface area contributed by atoms with E-state index in [9.17, 15) is 4.79 Å². The van der Waals surface area contributed by atoms with Crippen molar-refractivity contribution in [3.8, 4) is 11.4 Å². The van der Waals surface area contributed by atoms with Gasteiger partial charge in [0, 0.05) is 18.1 Å². The Hall–Kier alpha value is -3.22. The van der Waals surface area contributed by atoms with Gasteiger partial charge in [-0.1, -0.05) is 12.1 Å². The lowest BCUT2D eigenvalue weighted by atomic mass is 10.3. The molecule has 0 unspecified atom stereocenters. The van der Waals surface area contributed by atoms with E-state index in [0.717, 1.165) is 30.6 Å². The molecule has 3 aromatic rings. The van der Waals surface area contributed by atoms with Crippen LogP contribution in [0.15, 0.2) is 42.9 Å². The zero-order valence-electron chi connectivity index (χ0n) is 13.8. The molecular weight excluding hydrogens is 318 g/mol. The van der Waals surface area contributed by atoms with Crippen LogP contribution in [0.4, 0.5) is 5.95 Å². The first-order valence-electron chi connectivity index (χ1n) is 8.09. The molecule has 0 spiro atoms. The first-order chi connectivity index (χ1) is 12.2. The summed E-state index contributed by atoms with van der Waals surface area (Å²) >= 11 is 0. The number of aryl methyl sites for hydroxylation is 2.